The molecular formula is C18H18ClFN2O. The summed E-state index contributed by atoms with van der Waals surface area (Å²) in [5.74, 6) is 0.0994. The number of hydrogen-bond acceptors (Lipinski definition) is 2. The Hall–Kier alpha value is -1.94. The average Bonchev–Trinajstić information content (AvgIpc) is 3.00. The van der Waals surface area contributed by atoms with E-state index in [0.29, 0.717) is 16.5 Å². The van der Waals surface area contributed by atoms with Crippen molar-refractivity contribution in [2.75, 3.05) is 13.1 Å². The van der Waals surface area contributed by atoms with Gasteiger partial charge in [0.25, 0.3) is 0 Å². The third-order valence-corrected chi connectivity index (χ3v) is 4.57. The van der Waals surface area contributed by atoms with E-state index in [-0.39, 0.29) is 18.1 Å². The molecule has 1 aromatic carbocycles. The smallest absolute Gasteiger partial charge is 0.227 e. The molecule has 1 atom stereocenters. The van der Waals surface area contributed by atoms with Crippen LogP contribution in [0.4, 0.5) is 4.39 Å². The van der Waals surface area contributed by atoms with Gasteiger partial charge in [-0.3, -0.25) is 9.78 Å². The van der Waals surface area contributed by atoms with Gasteiger partial charge < -0.3 is 4.90 Å². The number of benzene rings is 1. The zero-order chi connectivity index (χ0) is 16.2. The number of nitrogens with zero attached hydrogens (tertiary/aromatic N) is 2. The van der Waals surface area contributed by atoms with Crippen molar-refractivity contribution in [1.82, 2.24) is 9.88 Å². The van der Waals surface area contributed by atoms with Crippen LogP contribution in [0.3, 0.4) is 0 Å². The Labute approximate surface area is 140 Å². The fourth-order valence-electron chi connectivity index (χ4n) is 2.98. The number of hydrogen-bond donors (Lipinski definition) is 0. The fourth-order valence-corrected chi connectivity index (χ4v) is 3.21. The second-order valence-corrected chi connectivity index (χ2v) is 6.34. The molecule has 23 heavy (non-hydrogen) atoms. The van der Waals surface area contributed by atoms with Crippen LogP contribution in [0.5, 0.6) is 0 Å². The summed E-state index contributed by atoms with van der Waals surface area (Å²) < 4.78 is 13.1. The molecule has 120 valence electrons. The number of carbonyl (C=O) groups excluding carboxylic acids is 1. The van der Waals surface area contributed by atoms with E-state index in [2.05, 4.69) is 4.98 Å². The number of rotatable bonds is 4. The maximum Gasteiger partial charge on any atom is 0.227 e. The fraction of sp³-hybridized carbons (Fsp3) is 0.333. The van der Waals surface area contributed by atoms with Gasteiger partial charge in [0.2, 0.25) is 5.91 Å². The van der Waals surface area contributed by atoms with E-state index in [1.165, 1.54) is 12.1 Å². The Morgan fingerprint density at radius 2 is 2.22 bits per heavy atom. The Kier molecular flexibility index (Phi) is 4.91. The summed E-state index contributed by atoms with van der Waals surface area (Å²) in [6.07, 6.45) is 3.89. The molecule has 1 aliphatic rings. The van der Waals surface area contributed by atoms with Crippen LogP contribution in [-0.2, 0) is 17.6 Å². The van der Waals surface area contributed by atoms with Gasteiger partial charge in [0.15, 0.2) is 0 Å². The van der Waals surface area contributed by atoms with Crippen LogP contribution in [0.25, 0.3) is 0 Å². The zero-order valence-electron chi connectivity index (χ0n) is 12.7. The summed E-state index contributed by atoms with van der Waals surface area (Å²) >= 11 is 6.00. The minimum Gasteiger partial charge on any atom is -0.342 e. The topological polar surface area (TPSA) is 33.2 Å². The maximum absolute atomic E-state index is 13.1. The van der Waals surface area contributed by atoms with Crippen molar-refractivity contribution in [3.05, 3.63) is 64.7 Å². The van der Waals surface area contributed by atoms with Crippen molar-refractivity contribution in [3.8, 4) is 0 Å². The standard InChI is InChI=1S/C18H18ClFN2O/c19-17-11-15(20)5-4-14(17)10-18(23)22-8-6-13(12-22)9-16-3-1-2-7-21-16/h1-5,7,11,13H,6,8-10,12H2. The quantitative estimate of drug-likeness (QED) is 0.858. The van der Waals surface area contributed by atoms with E-state index >= 15 is 0 Å². The van der Waals surface area contributed by atoms with Crippen LogP contribution in [-0.4, -0.2) is 28.9 Å². The van der Waals surface area contributed by atoms with Crippen molar-refractivity contribution in [3.63, 3.8) is 0 Å². The third kappa shape index (κ3) is 4.08. The highest BCUT2D eigenvalue weighted by Crippen LogP contribution is 2.23. The van der Waals surface area contributed by atoms with Crippen LogP contribution in [0.1, 0.15) is 17.7 Å². The van der Waals surface area contributed by atoms with Gasteiger partial charge in [-0.2, -0.15) is 0 Å². The van der Waals surface area contributed by atoms with E-state index in [9.17, 15) is 9.18 Å². The monoisotopic (exact) mass is 332 g/mol. The van der Waals surface area contributed by atoms with Gasteiger partial charge in [0, 0.05) is 30.0 Å². The minimum absolute atomic E-state index is 0.0435. The molecule has 1 amide bonds. The van der Waals surface area contributed by atoms with E-state index in [1.807, 2.05) is 23.1 Å². The normalized spacial score (nSPS) is 17.5. The van der Waals surface area contributed by atoms with E-state index in [0.717, 1.165) is 31.6 Å². The molecule has 0 spiro atoms. The first-order chi connectivity index (χ1) is 11.1. The second kappa shape index (κ2) is 7.09. The molecule has 0 radical (unpaired) electrons. The Bertz CT molecular complexity index is 693. The molecule has 1 saturated heterocycles. The molecule has 2 aromatic rings. The first-order valence-corrected chi connectivity index (χ1v) is 8.11. The first kappa shape index (κ1) is 15.9. The Morgan fingerprint density at radius 1 is 1.35 bits per heavy atom. The molecule has 2 heterocycles. The number of likely N-dealkylation sites (tertiary alicyclic amines) is 1. The summed E-state index contributed by atoms with van der Waals surface area (Å²) in [5, 5.41) is 0.308. The summed E-state index contributed by atoms with van der Waals surface area (Å²) in [6, 6.07) is 10.1. The van der Waals surface area contributed by atoms with Crippen LogP contribution in [0.2, 0.25) is 5.02 Å². The van der Waals surface area contributed by atoms with Crippen LogP contribution < -0.4 is 0 Å². The first-order valence-electron chi connectivity index (χ1n) is 7.73. The highest BCUT2D eigenvalue weighted by Gasteiger charge is 2.26. The lowest BCUT2D eigenvalue weighted by Crippen LogP contribution is -2.30. The van der Waals surface area contributed by atoms with E-state index < -0.39 is 0 Å². The van der Waals surface area contributed by atoms with Gasteiger partial charge in [0.1, 0.15) is 5.82 Å². The van der Waals surface area contributed by atoms with Crippen molar-refractivity contribution in [2.24, 2.45) is 5.92 Å². The third-order valence-electron chi connectivity index (χ3n) is 4.22. The zero-order valence-corrected chi connectivity index (χ0v) is 13.5. The highest BCUT2D eigenvalue weighted by molar-refractivity contribution is 6.31. The molecule has 1 aliphatic heterocycles. The maximum atomic E-state index is 13.1. The van der Waals surface area contributed by atoms with Crippen LogP contribution in [0, 0.1) is 11.7 Å². The largest absolute Gasteiger partial charge is 0.342 e. The molecular weight excluding hydrogens is 315 g/mol. The second-order valence-electron chi connectivity index (χ2n) is 5.93. The molecule has 1 fully saturated rings. The van der Waals surface area contributed by atoms with E-state index in [4.69, 9.17) is 11.6 Å². The summed E-state index contributed by atoms with van der Waals surface area (Å²) in [4.78, 5) is 18.6. The van der Waals surface area contributed by atoms with Gasteiger partial charge in [0.05, 0.1) is 6.42 Å². The van der Waals surface area contributed by atoms with Crippen molar-refractivity contribution < 1.29 is 9.18 Å². The summed E-state index contributed by atoms with van der Waals surface area (Å²) in [5.41, 5.74) is 1.74. The molecule has 5 heteroatoms. The SMILES string of the molecule is O=C(Cc1ccc(F)cc1Cl)N1CCC(Cc2ccccn2)C1. The minimum atomic E-state index is -0.386. The number of pyridine rings is 1. The van der Waals surface area contributed by atoms with Crippen molar-refractivity contribution in [2.45, 2.75) is 19.3 Å². The van der Waals surface area contributed by atoms with Crippen LogP contribution >= 0.6 is 11.6 Å². The lowest BCUT2D eigenvalue weighted by atomic mass is 10.0. The molecule has 0 saturated carbocycles. The molecule has 3 rings (SSSR count). The number of aromatic nitrogens is 1. The molecule has 1 unspecified atom stereocenters. The summed E-state index contributed by atoms with van der Waals surface area (Å²) in [7, 11) is 0. The lowest BCUT2D eigenvalue weighted by Gasteiger charge is -2.17. The Balaban J connectivity index is 1.57. The molecule has 0 bridgehead atoms. The Morgan fingerprint density at radius 3 is 2.96 bits per heavy atom. The number of carbonyl (C=O) groups is 1. The predicted octanol–water partition coefficient (Wildman–Crippen LogP) is 3.51. The van der Waals surface area contributed by atoms with Gasteiger partial charge in [-0.1, -0.05) is 23.7 Å². The van der Waals surface area contributed by atoms with Gasteiger partial charge in [-0.15, -0.1) is 0 Å². The van der Waals surface area contributed by atoms with Gasteiger partial charge in [-0.25, -0.2) is 4.39 Å². The van der Waals surface area contributed by atoms with Gasteiger partial charge in [-0.05, 0) is 48.6 Å². The highest BCUT2D eigenvalue weighted by atomic mass is 35.5. The van der Waals surface area contributed by atoms with Crippen molar-refractivity contribution >= 4 is 17.5 Å². The lowest BCUT2D eigenvalue weighted by molar-refractivity contribution is -0.129. The number of halogens is 2. The van der Waals surface area contributed by atoms with Crippen molar-refractivity contribution in [1.29, 1.82) is 0 Å². The average molecular weight is 333 g/mol. The van der Waals surface area contributed by atoms with Crippen LogP contribution in [0.15, 0.2) is 42.6 Å². The van der Waals surface area contributed by atoms with E-state index in [1.54, 1.807) is 12.3 Å². The van der Waals surface area contributed by atoms with Gasteiger partial charge >= 0.3 is 0 Å². The summed E-state index contributed by atoms with van der Waals surface area (Å²) in [6.45, 7) is 1.50. The molecule has 3 nitrogen and oxygen atoms in total. The molecule has 0 aliphatic carbocycles. The number of amides is 1. The molecule has 1 aromatic heterocycles. The molecule has 0 N–H and O–H groups in total. The predicted molar refractivity (Wildman–Crippen MR) is 87.7 cm³/mol.